The maximum Gasteiger partial charge on any atom is 0.322 e. The van der Waals surface area contributed by atoms with Crippen LogP contribution in [0.4, 0.5) is 10.5 Å². The zero-order valence-electron chi connectivity index (χ0n) is 13.2. The van der Waals surface area contributed by atoms with Gasteiger partial charge < -0.3 is 5.32 Å². The second kappa shape index (κ2) is 6.25. The molecule has 3 rings (SSSR count). The van der Waals surface area contributed by atoms with Crippen LogP contribution in [0.2, 0.25) is 0 Å². The molecule has 0 spiro atoms. The molecule has 0 saturated heterocycles. The van der Waals surface area contributed by atoms with Crippen LogP contribution in [-0.4, -0.2) is 31.2 Å². The molecule has 0 atom stereocenters. The first kappa shape index (κ1) is 16.5. The molecule has 24 heavy (non-hydrogen) atoms. The summed E-state index contributed by atoms with van der Waals surface area (Å²) < 4.78 is 22.7. The quantitative estimate of drug-likeness (QED) is 0.766. The molecule has 9 heteroatoms. The van der Waals surface area contributed by atoms with Crippen LogP contribution < -0.4 is 15.4 Å². The number of benzene rings is 1. The fourth-order valence-electron chi connectivity index (χ4n) is 2.78. The van der Waals surface area contributed by atoms with Crippen molar-refractivity contribution in [2.75, 3.05) is 11.4 Å². The molecule has 4 N–H and O–H groups in total. The SMILES string of the molecule is Cc1cc(S(N)(=O)=O)ccc1CNC(=O)N1CCCc2[nH]ncc21. The van der Waals surface area contributed by atoms with E-state index in [-0.39, 0.29) is 10.9 Å². The number of hydrogen-bond acceptors (Lipinski definition) is 4. The van der Waals surface area contributed by atoms with Gasteiger partial charge in [0.05, 0.1) is 22.5 Å². The first-order chi connectivity index (χ1) is 11.4. The summed E-state index contributed by atoms with van der Waals surface area (Å²) in [4.78, 5) is 14.2. The third kappa shape index (κ3) is 3.26. The van der Waals surface area contributed by atoms with Crippen LogP contribution in [0.15, 0.2) is 29.3 Å². The summed E-state index contributed by atoms with van der Waals surface area (Å²) in [6, 6.07) is 4.41. The largest absolute Gasteiger partial charge is 0.334 e. The monoisotopic (exact) mass is 349 g/mol. The molecule has 0 unspecified atom stereocenters. The minimum absolute atomic E-state index is 0.0640. The molecule has 128 valence electrons. The molecule has 1 aromatic carbocycles. The predicted octanol–water partition coefficient (Wildman–Crippen LogP) is 1.03. The number of nitrogens with zero attached hydrogens (tertiary/aromatic N) is 2. The van der Waals surface area contributed by atoms with E-state index in [1.54, 1.807) is 24.1 Å². The number of sulfonamides is 1. The number of nitrogens with two attached hydrogens (primary N) is 1. The molecule has 0 aliphatic carbocycles. The number of urea groups is 1. The second-order valence-electron chi connectivity index (χ2n) is 5.78. The molecule has 1 aromatic heterocycles. The molecule has 8 nitrogen and oxygen atoms in total. The second-order valence-corrected chi connectivity index (χ2v) is 7.34. The number of aromatic amines is 1. The zero-order chi connectivity index (χ0) is 17.3. The predicted molar refractivity (Wildman–Crippen MR) is 89.0 cm³/mol. The van der Waals surface area contributed by atoms with Gasteiger partial charge in [-0.2, -0.15) is 5.10 Å². The maximum atomic E-state index is 12.4. The van der Waals surface area contributed by atoms with E-state index in [9.17, 15) is 13.2 Å². The highest BCUT2D eigenvalue weighted by Crippen LogP contribution is 2.24. The van der Waals surface area contributed by atoms with Crippen LogP contribution in [0.25, 0.3) is 0 Å². The average molecular weight is 349 g/mol. The smallest absolute Gasteiger partial charge is 0.322 e. The van der Waals surface area contributed by atoms with E-state index in [1.165, 1.54) is 12.1 Å². The topological polar surface area (TPSA) is 121 Å². The number of nitrogens with one attached hydrogen (secondary N) is 2. The molecule has 0 bridgehead atoms. The summed E-state index contributed by atoms with van der Waals surface area (Å²) in [6.45, 7) is 2.73. The Morgan fingerprint density at radius 1 is 1.46 bits per heavy atom. The van der Waals surface area contributed by atoms with Gasteiger partial charge in [0, 0.05) is 13.1 Å². The van der Waals surface area contributed by atoms with Gasteiger partial charge in [-0.25, -0.2) is 18.4 Å². The van der Waals surface area contributed by atoms with Gasteiger partial charge in [0.15, 0.2) is 0 Å². The van der Waals surface area contributed by atoms with Crippen molar-refractivity contribution < 1.29 is 13.2 Å². The average Bonchev–Trinajstić information content (AvgIpc) is 3.00. The first-order valence-corrected chi connectivity index (χ1v) is 9.11. The van der Waals surface area contributed by atoms with Crippen LogP contribution in [0.1, 0.15) is 23.2 Å². The van der Waals surface area contributed by atoms with E-state index in [2.05, 4.69) is 15.5 Å². The number of fused-ring (bicyclic) bond motifs is 1. The molecular weight excluding hydrogens is 330 g/mol. The van der Waals surface area contributed by atoms with Gasteiger partial charge >= 0.3 is 6.03 Å². The van der Waals surface area contributed by atoms with Crippen LogP contribution in [0, 0.1) is 6.92 Å². The lowest BCUT2D eigenvalue weighted by atomic mass is 10.1. The molecule has 2 heterocycles. The van der Waals surface area contributed by atoms with Gasteiger partial charge in [-0.15, -0.1) is 0 Å². The molecule has 2 amide bonds. The third-order valence-electron chi connectivity index (χ3n) is 4.11. The van der Waals surface area contributed by atoms with Crippen molar-refractivity contribution in [2.45, 2.75) is 31.2 Å². The lowest BCUT2D eigenvalue weighted by Crippen LogP contribution is -2.42. The van der Waals surface area contributed by atoms with Crippen molar-refractivity contribution in [2.24, 2.45) is 5.14 Å². The first-order valence-electron chi connectivity index (χ1n) is 7.56. The van der Waals surface area contributed by atoms with Crippen LogP contribution in [0.5, 0.6) is 0 Å². The van der Waals surface area contributed by atoms with E-state index in [1.807, 2.05) is 0 Å². The van der Waals surface area contributed by atoms with Crippen molar-refractivity contribution in [1.82, 2.24) is 15.5 Å². The fourth-order valence-corrected chi connectivity index (χ4v) is 3.38. The molecule has 1 aliphatic rings. The summed E-state index contributed by atoms with van der Waals surface area (Å²) in [5.41, 5.74) is 3.36. The number of carbonyl (C=O) groups is 1. The Kier molecular flexibility index (Phi) is 4.29. The van der Waals surface area contributed by atoms with Crippen molar-refractivity contribution in [3.05, 3.63) is 41.2 Å². The molecule has 1 aliphatic heterocycles. The Morgan fingerprint density at radius 3 is 2.96 bits per heavy atom. The highest BCUT2D eigenvalue weighted by molar-refractivity contribution is 7.89. The van der Waals surface area contributed by atoms with Crippen molar-refractivity contribution in [1.29, 1.82) is 0 Å². The number of anilines is 1. The highest BCUT2D eigenvalue weighted by atomic mass is 32.2. The minimum atomic E-state index is -3.72. The van der Waals surface area contributed by atoms with Crippen molar-refractivity contribution in [3.63, 3.8) is 0 Å². The summed E-state index contributed by atoms with van der Waals surface area (Å²) >= 11 is 0. The van der Waals surface area contributed by atoms with Gasteiger partial charge in [0.25, 0.3) is 0 Å². The van der Waals surface area contributed by atoms with E-state index < -0.39 is 10.0 Å². The summed E-state index contributed by atoms with van der Waals surface area (Å²) in [7, 11) is -3.72. The number of hydrogen-bond donors (Lipinski definition) is 3. The number of H-pyrrole nitrogens is 1. The molecule has 0 radical (unpaired) electrons. The Hall–Kier alpha value is -2.39. The number of primary sulfonamides is 1. The van der Waals surface area contributed by atoms with Crippen molar-refractivity contribution in [3.8, 4) is 0 Å². The van der Waals surface area contributed by atoms with E-state index in [0.717, 1.165) is 35.3 Å². The molecular formula is C15H19N5O3S. The Bertz CT molecular complexity index is 875. The standard InChI is InChI=1S/C15H19N5O3S/c1-10-7-12(24(16,22)23)5-4-11(10)8-17-15(21)20-6-2-3-13-14(20)9-18-19-13/h4-5,7,9H,2-3,6,8H2,1H3,(H,17,21)(H,18,19)(H2,16,22,23). The molecule has 0 fully saturated rings. The normalized spacial score (nSPS) is 14.3. The van der Waals surface area contributed by atoms with Gasteiger partial charge in [0.1, 0.15) is 0 Å². The maximum absolute atomic E-state index is 12.4. The minimum Gasteiger partial charge on any atom is -0.334 e. The van der Waals surface area contributed by atoms with Crippen LogP contribution in [0.3, 0.4) is 0 Å². The third-order valence-corrected chi connectivity index (χ3v) is 5.02. The number of amides is 2. The van der Waals surface area contributed by atoms with Gasteiger partial charge in [-0.1, -0.05) is 6.07 Å². The van der Waals surface area contributed by atoms with Gasteiger partial charge in [-0.3, -0.25) is 10.00 Å². The zero-order valence-corrected chi connectivity index (χ0v) is 14.1. The number of carbonyl (C=O) groups excluding carboxylic acids is 1. The Balaban J connectivity index is 1.70. The number of aromatic nitrogens is 2. The molecule has 0 saturated carbocycles. The summed E-state index contributed by atoms with van der Waals surface area (Å²) in [5.74, 6) is 0. The van der Waals surface area contributed by atoms with Crippen LogP contribution in [-0.2, 0) is 23.0 Å². The number of rotatable bonds is 3. The van der Waals surface area contributed by atoms with E-state index in [4.69, 9.17) is 5.14 Å². The Morgan fingerprint density at radius 2 is 2.25 bits per heavy atom. The summed E-state index contributed by atoms with van der Waals surface area (Å²) in [6.07, 6.45) is 3.41. The fraction of sp³-hybridized carbons (Fsp3) is 0.333. The summed E-state index contributed by atoms with van der Waals surface area (Å²) in [5, 5.41) is 14.9. The highest BCUT2D eigenvalue weighted by Gasteiger charge is 2.23. The number of aryl methyl sites for hydroxylation is 2. The van der Waals surface area contributed by atoms with Gasteiger partial charge in [0.2, 0.25) is 10.0 Å². The lowest BCUT2D eigenvalue weighted by molar-refractivity contribution is 0.245. The van der Waals surface area contributed by atoms with E-state index in [0.29, 0.717) is 13.1 Å². The van der Waals surface area contributed by atoms with Crippen molar-refractivity contribution >= 4 is 21.7 Å². The van der Waals surface area contributed by atoms with Gasteiger partial charge in [-0.05, 0) is 43.0 Å². The lowest BCUT2D eigenvalue weighted by Gasteiger charge is -2.26. The van der Waals surface area contributed by atoms with Crippen LogP contribution >= 0.6 is 0 Å². The molecule has 2 aromatic rings. The van der Waals surface area contributed by atoms with E-state index >= 15 is 0 Å². The Labute approximate surface area is 140 Å².